The molecule has 11 heteroatoms. The molecule has 0 saturated carbocycles. The van der Waals surface area contributed by atoms with Gasteiger partial charge in [0.25, 0.3) is 5.91 Å². The Labute approximate surface area is 187 Å². The molecule has 3 heterocycles. The fraction of sp³-hybridized carbons (Fsp3) is 0.429. The Morgan fingerprint density at radius 1 is 1.06 bits per heavy atom. The Hall–Kier alpha value is -2.88. The highest BCUT2D eigenvalue weighted by molar-refractivity contribution is 6.30. The van der Waals surface area contributed by atoms with Gasteiger partial charge in [-0.15, -0.1) is 10.2 Å². The lowest BCUT2D eigenvalue weighted by molar-refractivity contribution is -0.170. The van der Waals surface area contributed by atoms with Gasteiger partial charge in [-0.2, -0.15) is 13.2 Å². The van der Waals surface area contributed by atoms with Gasteiger partial charge in [-0.1, -0.05) is 23.7 Å². The highest BCUT2D eigenvalue weighted by atomic mass is 35.5. The van der Waals surface area contributed by atoms with E-state index in [9.17, 15) is 22.8 Å². The van der Waals surface area contributed by atoms with Gasteiger partial charge < -0.3 is 14.7 Å². The molecule has 2 saturated heterocycles. The van der Waals surface area contributed by atoms with Crippen LogP contribution in [-0.4, -0.2) is 63.0 Å². The minimum absolute atomic E-state index is 0.0219. The Morgan fingerprint density at radius 3 is 2.25 bits per heavy atom. The number of carbonyl (C=O) groups excluding carboxylic acids is 2. The van der Waals surface area contributed by atoms with Gasteiger partial charge in [0.2, 0.25) is 5.91 Å². The molecule has 0 unspecified atom stereocenters. The van der Waals surface area contributed by atoms with Crippen molar-refractivity contribution in [3.63, 3.8) is 0 Å². The maximum atomic E-state index is 13.4. The number of piperazine rings is 1. The number of alkyl halides is 3. The molecule has 2 fully saturated rings. The van der Waals surface area contributed by atoms with E-state index in [1.54, 1.807) is 34.1 Å². The van der Waals surface area contributed by atoms with Gasteiger partial charge in [-0.25, -0.2) is 0 Å². The smallest absolute Gasteiger partial charge is 0.349 e. The summed E-state index contributed by atoms with van der Waals surface area (Å²) < 4.78 is 38.3. The van der Waals surface area contributed by atoms with E-state index in [4.69, 9.17) is 11.6 Å². The molecular formula is C21H21ClF3N5O2. The number of anilines is 1. The van der Waals surface area contributed by atoms with E-state index in [0.717, 1.165) is 11.6 Å². The van der Waals surface area contributed by atoms with Gasteiger partial charge in [0.1, 0.15) is 6.54 Å². The van der Waals surface area contributed by atoms with Crippen LogP contribution in [-0.2, 0) is 22.3 Å². The van der Waals surface area contributed by atoms with Crippen LogP contribution in [0.2, 0.25) is 5.02 Å². The molecule has 0 aliphatic carbocycles. The summed E-state index contributed by atoms with van der Waals surface area (Å²) in [5, 5.41) is 7.49. The second-order valence-electron chi connectivity index (χ2n) is 8.30. The molecule has 32 heavy (non-hydrogen) atoms. The summed E-state index contributed by atoms with van der Waals surface area (Å²) in [6.07, 6.45) is -4.58. The van der Waals surface area contributed by atoms with Crippen molar-refractivity contribution in [2.75, 3.05) is 24.5 Å². The van der Waals surface area contributed by atoms with Crippen LogP contribution in [0.3, 0.4) is 0 Å². The second-order valence-corrected chi connectivity index (χ2v) is 8.73. The van der Waals surface area contributed by atoms with Crippen LogP contribution in [0.1, 0.15) is 25.1 Å². The van der Waals surface area contributed by atoms with Gasteiger partial charge in [0.05, 0.1) is 13.1 Å². The fourth-order valence-corrected chi connectivity index (χ4v) is 4.18. The Kier molecular flexibility index (Phi) is 5.52. The molecule has 2 amide bonds. The lowest BCUT2D eigenvalue weighted by Crippen LogP contribution is -2.81. The van der Waals surface area contributed by atoms with E-state index in [1.165, 1.54) is 11.0 Å². The van der Waals surface area contributed by atoms with Crippen molar-refractivity contribution in [2.24, 2.45) is 0 Å². The normalized spacial score (nSPS) is 18.5. The van der Waals surface area contributed by atoms with Gasteiger partial charge >= 0.3 is 6.18 Å². The highest BCUT2D eigenvalue weighted by Gasteiger charge is 2.60. The predicted octanol–water partition coefficient (Wildman–Crippen LogP) is 2.99. The first-order chi connectivity index (χ1) is 15.0. The predicted molar refractivity (Wildman–Crippen MR) is 111 cm³/mol. The highest BCUT2D eigenvalue weighted by Crippen LogP contribution is 2.38. The Morgan fingerprint density at radius 2 is 1.72 bits per heavy atom. The van der Waals surface area contributed by atoms with Crippen LogP contribution in [0.5, 0.6) is 0 Å². The summed E-state index contributed by atoms with van der Waals surface area (Å²) in [5.41, 5.74) is -1.39. The molecule has 2 aliphatic rings. The second kappa shape index (κ2) is 7.91. The summed E-state index contributed by atoms with van der Waals surface area (Å²) >= 11 is 5.95. The largest absolute Gasteiger partial charge is 0.435 e. The molecule has 0 radical (unpaired) electrons. The number of halogens is 4. The lowest BCUT2D eigenvalue weighted by atomic mass is 9.82. The zero-order valence-electron chi connectivity index (χ0n) is 17.4. The zero-order valence-corrected chi connectivity index (χ0v) is 18.2. The number of amides is 2. The molecule has 2 aliphatic heterocycles. The molecule has 1 spiro atoms. The standard InChI is InChI=1S/C21H21ClF3N5O2/c1-13(2)29-10-18(31)30(9-14-3-5-15(22)6-4-14)20(19(29)32)11-28(12-20)17-8-7-16(26-27-17)21(23,24)25/h3-8,13H,9-12H2,1-2H3. The van der Waals surface area contributed by atoms with Crippen molar-refractivity contribution in [1.29, 1.82) is 0 Å². The average molecular weight is 468 g/mol. The van der Waals surface area contributed by atoms with E-state index in [0.29, 0.717) is 5.02 Å². The molecule has 170 valence electrons. The van der Waals surface area contributed by atoms with Crippen LogP contribution < -0.4 is 4.90 Å². The van der Waals surface area contributed by atoms with E-state index >= 15 is 0 Å². The van der Waals surface area contributed by atoms with E-state index in [2.05, 4.69) is 10.2 Å². The van der Waals surface area contributed by atoms with Crippen LogP contribution in [0.4, 0.5) is 19.0 Å². The van der Waals surface area contributed by atoms with E-state index in [1.807, 2.05) is 13.8 Å². The van der Waals surface area contributed by atoms with Gasteiger partial charge in [0, 0.05) is 17.6 Å². The first-order valence-electron chi connectivity index (χ1n) is 10.0. The Balaban J connectivity index is 1.61. The minimum atomic E-state index is -4.58. The molecular weight excluding hydrogens is 447 g/mol. The average Bonchev–Trinajstić information content (AvgIpc) is 2.70. The van der Waals surface area contributed by atoms with E-state index in [-0.39, 0.29) is 49.9 Å². The van der Waals surface area contributed by atoms with Crippen molar-refractivity contribution < 1.29 is 22.8 Å². The minimum Gasteiger partial charge on any atom is -0.349 e. The first-order valence-corrected chi connectivity index (χ1v) is 10.4. The van der Waals surface area contributed by atoms with Crippen molar-refractivity contribution in [1.82, 2.24) is 20.0 Å². The molecule has 4 rings (SSSR count). The third kappa shape index (κ3) is 3.87. The number of benzene rings is 1. The monoisotopic (exact) mass is 467 g/mol. The van der Waals surface area contributed by atoms with Gasteiger partial charge in [-0.05, 0) is 43.7 Å². The van der Waals surface area contributed by atoms with Crippen molar-refractivity contribution in [3.05, 3.63) is 52.7 Å². The topological polar surface area (TPSA) is 69.6 Å². The summed E-state index contributed by atoms with van der Waals surface area (Å²) in [5.74, 6) is -0.152. The van der Waals surface area contributed by atoms with Crippen molar-refractivity contribution in [2.45, 2.75) is 38.1 Å². The third-order valence-corrected chi connectivity index (χ3v) is 6.08. The van der Waals surface area contributed by atoms with Crippen molar-refractivity contribution >= 4 is 29.2 Å². The van der Waals surface area contributed by atoms with Gasteiger partial charge in [-0.3, -0.25) is 9.59 Å². The summed E-state index contributed by atoms with van der Waals surface area (Å²) in [7, 11) is 0. The molecule has 0 atom stereocenters. The Bertz CT molecular complexity index is 1020. The number of carbonyl (C=O) groups is 2. The quantitative estimate of drug-likeness (QED) is 0.691. The maximum Gasteiger partial charge on any atom is 0.435 e. The first kappa shape index (κ1) is 22.3. The molecule has 0 N–H and O–H groups in total. The maximum absolute atomic E-state index is 13.4. The molecule has 2 aromatic rings. The number of rotatable bonds is 4. The number of hydrogen-bond donors (Lipinski definition) is 0. The fourth-order valence-electron chi connectivity index (χ4n) is 4.05. The number of nitrogens with zero attached hydrogens (tertiary/aromatic N) is 5. The third-order valence-electron chi connectivity index (χ3n) is 5.83. The lowest BCUT2D eigenvalue weighted by Gasteiger charge is -2.58. The number of aromatic nitrogens is 2. The molecule has 0 bridgehead atoms. The SMILES string of the molecule is CC(C)N1CC(=O)N(Cc2ccc(Cl)cc2)C2(CN(c3ccc(C(F)(F)F)nn3)C2)C1=O. The summed E-state index contributed by atoms with van der Waals surface area (Å²) in [4.78, 5) is 31.2. The van der Waals surface area contributed by atoms with E-state index < -0.39 is 17.4 Å². The van der Waals surface area contributed by atoms with Crippen LogP contribution in [0.15, 0.2) is 36.4 Å². The van der Waals surface area contributed by atoms with Crippen molar-refractivity contribution in [3.8, 4) is 0 Å². The summed E-state index contributed by atoms with van der Waals surface area (Å²) in [6.45, 7) is 4.12. The molecule has 7 nitrogen and oxygen atoms in total. The molecule has 1 aromatic heterocycles. The molecule has 1 aromatic carbocycles. The van der Waals surface area contributed by atoms with Gasteiger partial charge in [0.15, 0.2) is 17.1 Å². The van der Waals surface area contributed by atoms with Crippen LogP contribution in [0.25, 0.3) is 0 Å². The van der Waals surface area contributed by atoms with Crippen LogP contribution >= 0.6 is 11.6 Å². The zero-order chi connectivity index (χ0) is 23.3. The summed E-state index contributed by atoms with van der Waals surface area (Å²) in [6, 6.07) is 8.92. The van der Waals surface area contributed by atoms with Crippen LogP contribution in [0, 0.1) is 0 Å². The number of hydrogen-bond acceptors (Lipinski definition) is 5.